The predicted molar refractivity (Wildman–Crippen MR) is 60.8 cm³/mol. The van der Waals surface area contributed by atoms with Crippen molar-refractivity contribution < 1.29 is 24.1 Å². The monoisotopic (exact) mass is 290 g/mol. The zero-order chi connectivity index (χ0) is 12.3. The van der Waals surface area contributed by atoms with Crippen LogP contribution in [0, 0.1) is 0 Å². The number of carboxylic acids is 1. The molecule has 5 nitrogen and oxygen atoms in total. The Kier molecular flexibility index (Phi) is 4.00. The Balaban J connectivity index is 3.60. The summed E-state index contributed by atoms with van der Waals surface area (Å²) >= 11 is 3.21. The molecule has 0 saturated carbocycles. The SMILES string of the molecule is COc1cc(Br)c(OC)c(C(=O)O)c1OC. The van der Waals surface area contributed by atoms with Gasteiger partial charge in [0.15, 0.2) is 17.2 Å². The van der Waals surface area contributed by atoms with E-state index in [-0.39, 0.29) is 17.1 Å². The number of methoxy groups -OCH3 is 3. The van der Waals surface area contributed by atoms with Crippen LogP contribution in [-0.4, -0.2) is 32.4 Å². The van der Waals surface area contributed by atoms with Gasteiger partial charge in [0.05, 0.1) is 25.8 Å². The molecule has 0 aromatic heterocycles. The van der Waals surface area contributed by atoms with Crippen molar-refractivity contribution in [3.63, 3.8) is 0 Å². The van der Waals surface area contributed by atoms with E-state index in [1.54, 1.807) is 6.07 Å². The van der Waals surface area contributed by atoms with E-state index in [1.165, 1.54) is 21.3 Å². The number of hydrogen-bond donors (Lipinski definition) is 1. The van der Waals surface area contributed by atoms with Crippen molar-refractivity contribution in [2.75, 3.05) is 21.3 Å². The van der Waals surface area contributed by atoms with Gasteiger partial charge >= 0.3 is 5.97 Å². The van der Waals surface area contributed by atoms with Crippen molar-refractivity contribution in [1.29, 1.82) is 0 Å². The first-order valence-electron chi connectivity index (χ1n) is 4.28. The summed E-state index contributed by atoms with van der Waals surface area (Å²) in [6, 6.07) is 1.59. The van der Waals surface area contributed by atoms with Crippen LogP contribution in [0.25, 0.3) is 0 Å². The molecule has 0 heterocycles. The number of carbonyl (C=O) groups is 1. The fraction of sp³-hybridized carbons (Fsp3) is 0.300. The van der Waals surface area contributed by atoms with Crippen molar-refractivity contribution in [3.05, 3.63) is 16.1 Å². The summed E-state index contributed by atoms with van der Waals surface area (Å²) in [5.74, 6) is -0.485. The zero-order valence-corrected chi connectivity index (χ0v) is 10.6. The molecule has 16 heavy (non-hydrogen) atoms. The van der Waals surface area contributed by atoms with Gasteiger partial charge in [-0.15, -0.1) is 0 Å². The van der Waals surface area contributed by atoms with E-state index in [4.69, 9.17) is 19.3 Å². The topological polar surface area (TPSA) is 65.0 Å². The minimum atomic E-state index is -1.15. The van der Waals surface area contributed by atoms with Gasteiger partial charge in [-0.2, -0.15) is 0 Å². The van der Waals surface area contributed by atoms with Gasteiger partial charge in [0.25, 0.3) is 0 Å². The maximum absolute atomic E-state index is 11.1. The second-order valence-corrected chi connectivity index (χ2v) is 3.66. The summed E-state index contributed by atoms with van der Waals surface area (Å²) in [5.41, 5.74) is -0.0729. The van der Waals surface area contributed by atoms with Crippen LogP contribution in [0.3, 0.4) is 0 Å². The molecule has 6 heteroatoms. The van der Waals surface area contributed by atoms with E-state index in [0.29, 0.717) is 10.2 Å². The highest BCUT2D eigenvalue weighted by Gasteiger charge is 2.24. The Labute approximate surface area is 101 Å². The minimum absolute atomic E-state index is 0.0729. The van der Waals surface area contributed by atoms with E-state index < -0.39 is 5.97 Å². The van der Waals surface area contributed by atoms with E-state index in [9.17, 15) is 4.79 Å². The number of rotatable bonds is 4. The second kappa shape index (κ2) is 5.07. The van der Waals surface area contributed by atoms with Crippen LogP contribution in [0.2, 0.25) is 0 Å². The van der Waals surface area contributed by atoms with Gasteiger partial charge in [0.1, 0.15) is 5.56 Å². The molecule has 0 radical (unpaired) electrons. The van der Waals surface area contributed by atoms with Crippen LogP contribution in [0.15, 0.2) is 10.5 Å². The highest BCUT2D eigenvalue weighted by molar-refractivity contribution is 9.10. The van der Waals surface area contributed by atoms with Gasteiger partial charge < -0.3 is 19.3 Å². The predicted octanol–water partition coefficient (Wildman–Crippen LogP) is 2.17. The third-order valence-electron chi connectivity index (χ3n) is 1.99. The second-order valence-electron chi connectivity index (χ2n) is 2.81. The molecular weight excluding hydrogens is 280 g/mol. The van der Waals surface area contributed by atoms with Crippen LogP contribution >= 0.6 is 15.9 Å². The fourth-order valence-corrected chi connectivity index (χ4v) is 1.91. The number of aromatic carboxylic acids is 1. The van der Waals surface area contributed by atoms with E-state index >= 15 is 0 Å². The van der Waals surface area contributed by atoms with Gasteiger partial charge in [-0.05, 0) is 15.9 Å². The van der Waals surface area contributed by atoms with Gasteiger partial charge in [0, 0.05) is 6.07 Å². The summed E-state index contributed by atoms with van der Waals surface area (Å²) in [5, 5.41) is 9.12. The van der Waals surface area contributed by atoms with Crippen molar-refractivity contribution in [2.45, 2.75) is 0 Å². The normalized spacial score (nSPS) is 9.75. The van der Waals surface area contributed by atoms with E-state index in [1.807, 2.05) is 0 Å². The third kappa shape index (κ3) is 2.06. The highest BCUT2D eigenvalue weighted by Crippen LogP contribution is 2.42. The first-order valence-corrected chi connectivity index (χ1v) is 5.07. The Hall–Kier alpha value is -1.43. The standard InChI is InChI=1S/C10H11BrO5/c1-14-6-4-5(11)8(15-2)7(10(12)13)9(6)16-3/h4H,1-3H3,(H,12,13). The first kappa shape index (κ1) is 12.6. The molecule has 0 amide bonds. The number of ether oxygens (including phenoxy) is 3. The molecule has 0 aliphatic carbocycles. The molecule has 1 aromatic carbocycles. The largest absolute Gasteiger partial charge is 0.495 e. The zero-order valence-electron chi connectivity index (χ0n) is 9.04. The molecule has 0 unspecified atom stereocenters. The number of carboxylic acid groups (broad SMARTS) is 1. The number of benzene rings is 1. The third-order valence-corrected chi connectivity index (χ3v) is 2.58. The summed E-state index contributed by atoms with van der Waals surface area (Å²) in [4.78, 5) is 11.1. The van der Waals surface area contributed by atoms with Crippen LogP contribution in [0.1, 0.15) is 10.4 Å². The maximum atomic E-state index is 11.1. The molecule has 0 spiro atoms. The molecule has 1 aromatic rings. The van der Waals surface area contributed by atoms with Crippen LogP contribution in [0.5, 0.6) is 17.2 Å². The van der Waals surface area contributed by atoms with E-state index in [2.05, 4.69) is 15.9 Å². The molecule has 0 aliphatic heterocycles. The van der Waals surface area contributed by atoms with Gasteiger partial charge in [0.2, 0.25) is 0 Å². The lowest BCUT2D eigenvalue weighted by Crippen LogP contribution is -2.06. The number of hydrogen-bond acceptors (Lipinski definition) is 4. The van der Waals surface area contributed by atoms with Gasteiger partial charge in [-0.1, -0.05) is 0 Å². The van der Waals surface area contributed by atoms with Crippen LogP contribution in [0.4, 0.5) is 0 Å². The average molecular weight is 291 g/mol. The Morgan fingerprint density at radius 2 is 1.75 bits per heavy atom. The molecule has 0 bridgehead atoms. The lowest BCUT2D eigenvalue weighted by molar-refractivity contribution is 0.0688. The maximum Gasteiger partial charge on any atom is 0.343 e. The van der Waals surface area contributed by atoms with Crippen molar-refractivity contribution in [3.8, 4) is 17.2 Å². The van der Waals surface area contributed by atoms with Crippen molar-refractivity contribution in [1.82, 2.24) is 0 Å². The molecule has 1 N–H and O–H groups in total. The minimum Gasteiger partial charge on any atom is -0.495 e. The fourth-order valence-electron chi connectivity index (χ4n) is 1.34. The van der Waals surface area contributed by atoms with Gasteiger partial charge in [-0.25, -0.2) is 4.79 Å². The summed E-state index contributed by atoms with van der Waals surface area (Å²) < 4.78 is 15.6. The highest BCUT2D eigenvalue weighted by atomic mass is 79.9. The Morgan fingerprint density at radius 3 is 2.12 bits per heavy atom. The molecular formula is C10H11BrO5. The molecule has 0 aliphatic rings. The lowest BCUT2D eigenvalue weighted by Gasteiger charge is -2.14. The molecule has 0 saturated heterocycles. The quantitative estimate of drug-likeness (QED) is 0.921. The van der Waals surface area contributed by atoms with Crippen LogP contribution in [-0.2, 0) is 0 Å². The summed E-state index contributed by atoms with van der Waals surface area (Å²) in [6.07, 6.45) is 0. The lowest BCUT2D eigenvalue weighted by atomic mass is 10.1. The molecule has 1 rings (SSSR count). The Bertz CT molecular complexity index is 416. The van der Waals surface area contributed by atoms with Crippen molar-refractivity contribution >= 4 is 21.9 Å². The van der Waals surface area contributed by atoms with Crippen LogP contribution < -0.4 is 14.2 Å². The molecule has 0 atom stereocenters. The molecule has 0 fully saturated rings. The average Bonchev–Trinajstić information content (AvgIpc) is 2.27. The first-order chi connectivity index (χ1) is 7.56. The molecule has 88 valence electrons. The smallest absolute Gasteiger partial charge is 0.343 e. The number of halogens is 1. The van der Waals surface area contributed by atoms with E-state index in [0.717, 1.165) is 0 Å². The van der Waals surface area contributed by atoms with Crippen molar-refractivity contribution in [2.24, 2.45) is 0 Å². The Morgan fingerprint density at radius 1 is 1.19 bits per heavy atom. The summed E-state index contributed by atoms with van der Waals surface area (Å²) in [6.45, 7) is 0. The van der Waals surface area contributed by atoms with Gasteiger partial charge in [-0.3, -0.25) is 0 Å². The summed E-state index contributed by atoms with van der Waals surface area (Å²) in [7, 11) is 4.19.